The highest BCUT2D eigenvalue weighted by Gasteiger charge is 2.27. The van der Waals surface area contributed by atoms with Crippen LogP contribution in [0.4, 0.5) is 23.0 Å². The van der Waals surface area contributed by atoms with E-state index in [9.17, 15) is 14.9 Å². The minimum absolute atomic E-state index is 0.120. The maximum absolute atomic E-state index is 12.4. The number of nitrogens with one attached hydrogen (secondary N) is 2. The summed E-state index contributed by atoms with van der Waals surface area (Å²) in [5.41, 5.74) is 6.77. The number of carbonyl (C=O) groups excluding carboxylic acids is 1. The van der Waals surface area contributed by atoms with Crippen LogP contribution >= 0.6 is 0 Å². The van der Waals surface area contributed by atoms with E-state index in [1.165, 1.54) is 13.4 Å². The van der Waals surface area contributed by atoms with Gasteiger partial charge in [-0.05, 0) is 55.8 Å². The Labute approximate surface area is 179 Å². The number of carbonyl (C=O) groups is 1. The van der Waals surface area contributed by atoms with Gasteiger partial charge in [0.1, 0.15) is 12.1 Å². The van der Waals surface area contributed by atoms with Crippen molar-refractivity contribution in [3.8, 4) is 5.75 Å². The average Bonchev–Trinajstić information content (AvgIpc) is 2.78. The Morgan fingerprint density at radius 2 is 1.94 bits per heavy atom. The number of methoxy groups -OCH3 is 1. The van der Waals surface area contributed by atoms with E-state index in [1.54, 1.807) is 29.2 Å². The van der Waals surface area contributed by atoms with E-state index < -0.39 is 10.8 Å². The fourth-order valence-electron chi connectivity index (χ4n) is 3.01. The smallest absolute Gasteiger partial charge is 0.355 e. The molecule has 0 bridgehead atoms. The third-order valence-electron chi connectivity index (χ3n) is 4.52. The molecule has 10 nitrogen and oxygen atoms in total. The van der Waals surface area contributed by atoms with Gasteiger partial charge in [-0.1, -0.05) is 12.1 Å². The van der Waals surface area contributed by atoms with Crippen LogP contribution in [0.25, 0.3) is 0 Å². The molecule has 0 aliphatic carbocycles. The Morgan fingerprint density at radius 1 is 1.19 bits per heavy atom. The number of ether oxygens (including phenoxy) is 1. The Hall–Kier alpha value is -4.21. The summed E-state index contributed by atoms with van der Waals surface area (Å²) >= 11 is 0. The molecule has 3 aromatic rings. The Kier molecular flexibility index (Phi) is 6.61. The first-order chi connectivity index (χ1) is 14.9. The summed E-state index contributed by atoms with van der Waals surface area (Å²) in [6, 6.07) is 14.0. The second kappa shape index (κ2) is 9.53. The zero-order valence-corrected chi connectivity index (χ0v) is 17.3. The highest BCUT2D eigenvalue weighted by molar-refractivity contribution is 5.95. The number of hydrogen-bond donors (Lipinski definition) is 2. The van der Waals surface area contributed by atoms with Gasteiger partial charge in [-0.2, -0.15) is 0 Å². The lowest BCUT2D eigenvalue weighted by Crippen LogP contribution is -2.30. The minimum atomic E-state index is -0.574. The van der Waals surface area contributed by atoms with E-state index in [1.807, 2.05) is 38.1 Å². The molecule has 10 heteroatoms. The maximum atomic E-state index is 12.4. The number of nitrogens with zero attached hydrogens (tertiary/aromatic N) is 4. The highest BCUT2D eigenvalue weighted by Crippen LogP contribution is 2.35. The van der Waals surface area contributed by atoms with Crippen LogP contribution in [0.5, 0.6) is 5.75 Å². The predicted octanol–water partition coefficient (Wildman–Crippen LogP) is 3.62. The molecule has 1 amide bonds. The number of aryl methyl sites for hydroxylation is 1. The average molecular weight is 422 g/mol. The van der Waals surface area contributed by atoms with Crippen LogP contribution in [0.3, 0.4) is 0 Å². The summed E-state index contributed by atoms with van der Waals surface area (Å²) in [6.07, 6.45) is 1.21. The van der Waals surface area contributed by atoms with Crippen molar-refractivity contribution in [3.63, 3.8) is 0 Å². The van der Waals surface area contributed by atoms with Gasteiger partial charge in [0.2, 0.25) is 11.6 Å². The SMILES string of the molecule is CCN(c1cccc(C)c1)c1ncnc(NNC(=O)c2ccc(OC)cc2)c1[N+](=O)[O-]. The summed E-state index contributed by atoms with van der Waals surface area (Å²) in [5, 5.41) is 11.9. The molecule has 0 spiro atoms. The number of aromatic nitrogens is 2. The van der Waals surface area contributed by atoms with Gasteiger partial charge in [0, 0.05) is 17.8 Å². The number of nitro groups is 1. The van der Waals surface area contributed by atoms with E-state index in [4.69, 9.17) is 4.74 Å². The Morgan fingerprint density at radius 3 is 2.55 bits per heavy atom. The van der Waals surface area contributed by atoms with E-state index in [2.05, 4.69) is 20.8 Å². The number of benzene rings is 2. The van der Waals surface area contributed by atoms with Crippen molar-refractivity contribution in [2.45, 2.75) is 13.8 Å². The normalized spacial score (nSPS) is 10.3. The van der Waals surface area contributed by atoms with E-state index in [-0.39, 0.29) is 17.3 Å². The van der Waals surface area contributed by atoms with Crippen LogP contribution in [0.2, 0.25) is 0 Å². The van der Waals surface area contributed by atoms with Crippen LogP contribution in [0.1, 0.15) is 22.8 Å². The van der Waals surface area contributed by atoms with Crippen molar-refractivity contribution in [1.29, 1.82) is 0 Å². The number of anilines is 3. The first-order valence-corrected chi connectivity index (χ1v) is 9.48. The molecule has 0 aliphatic heterocycles. The zero-order valence-electron chi connectivity index (χ0n) is 17.3. The van der Waals surface area contributed by atoms with Crippen molar-refractivity contribution in [2.75, 3.05) is 24.0 Å². The molecule has 0 radical (unpaired) electrons. The fourth-order valence-corrected chi connectivity index (χ4v) is 3.01. The molecule has 2 N–H and O–H groups in total. The second-order valence-electron chi connectivity index (χ2n) is 6.54. The predicted molar refractivity (Wildman–Crippen MR) is 117 cm³/mol. The van der Waals surface area contributed by atoms with Crippen molar-refractivity contribution in [2.24, 2.45) is 0 Å². The topological polar surface area (TPSA) is 123 Å². The third-order valence-corrected chi connectivity index (χ3v) is 4.52. The molecular formula is C21H22N6O4. The molecular weight excluding hydrogens is 400 g/mol. The van der Waals surface area contributed by atoms with Gasteiger partial charge in [-0.15, -0.1) is 0 Å². The van der Waals surface area contributed by atoms with Crippen LogP contribution in [-0.4, -0.2) is 34.5 Å². The second-order valence-corrected chi connectivity index (χ2v) is 6.54. The lowest BCUT2D eigenvalue weighted by atomic mass is 10.2. The van der Waals surface area contributed by atoms with Gasteiger partial charge in [-0.3, -0.25) is 25.8 Å². The quantitative estimate of drug-likeness (QED) is 0.417. The number of amides is 1. The summed E-state index contributed by atoms with van der Waals surface area (Å²) in [6.45, 7) is 4.25. The van der Waals surface area contributed by atoms with Gasteiger partial charge in [0.25, 0.3) is 5.91 Å². The Balaban J connectivity index is 1.89. The van der Waals surface area contributed by atoms with Gasteiger partial charge >= 0.3 is 5.69 Å². The van der Waals surface area contributed by atoms with E-state index in [0.717, 1.165) is 11.3 Å². The van der Waals surface area contributed by atoms with Gasteiger partial charge in [-0.25, -0.2) is 9.97 Å². The molecule has 0 saturated heterocycles. The molecule has 0 aliphatic rings. The molecule has 1 heterocycles. The van der Waals surface area contributed by atoms with Crippen molar-refractivity contribution >= 4 is 28.9 Å². The molecule has 0 unspecified atom stereocenters. The molecule has 0 atom stereocenters. The molecule has 31 heavy (non-hydrogen) atoms. The summed E-state index contributed by atoms with van der Waals surface area (Å²) < 4.78 is 5.07. The third kappa shape index (κ3) is 4.86. The first-order valence-electron chi connectivity index (χ1n) is 9.48. The monoisotopic (exact) mass is 422 g/mol. The van der Waals surface area contributed by atoms with E-state index in [0.29, 0.717) is 17.9 Å². The van der Waals surface area contributed by atoms with Crippen LogP contribution in [0.15, 0.2) is 54.9 Å². The molecule has 1 aromatic heterocycles. The minimum Gasteiger partial charge on any atom is -0.497 e. The number of hydrazine groups is 1. The summed E-state index contributed by atoms with van der Waals surface area (Å²) in [5.74, 6) is 0.122. The summed E-state index contributed by atoms with van der Waals surface area (Å²) in [7, 11) is 1.53. The van der Waals surface area contributed by atoms with E-state index >= 15 is 0 Å². The first kappa shape index (κ1) is 21.5. The largest absolute Gasteiger partial charge is 0.497 e. The van der Waals surface area contributed by atoms with Crippen LogP contribution in [0, 0.1) is 17.0 Å². The highest BCUT2D eigenvalue weighted by atomic mass is 16.6. The molecule has 160 valence electrons. The molecule has 0 saturated carbocycles. The van der Waals surface area contributed by atoms with Crippen molar-refractivity contribution < 1.29 is 14.5 Å². The number of rotatable bonds is 8. The molecule has 0 fully saturated rings. The van der Waals surface area contributed by atoms with Crippen molar-refractivity contribution in [3.05, 3.63) is 76.1 Å². The maximum Gasteiger partial charge on any atom is 0.355 e. The standard InChI is InChI=1S/C21H22N6O4/c1-4-26(16-7-5-6-14(2)12-16)20-18(27(29)30)19(22-13-23-20)24-25-21(28)15-8-10-17(31-3)11-9-15/h5-13H,4H2,1-3H3,(H,25,28)(H,22,23,24). The van der Waals surface area contributed by atoms with Crippen LogP contribution < -0.4 is 20.5 Å². The van der Waals surface area contributed by atoms with Gasteiger partial charge in [0.15, 0.2) is 0 Å². The summed E-state index contributed by atoms with van der Waals surface area (Å²) in [4.78, 5) is 33.5. The number of hydrogen-bond acceptors (Lipinski definition) is 8. The fraction of sp³-hybridized carbons (Fsp3) is 0.190. The zero-order chi connectivity index (χ0) is 22.4. The van der Waals surface area contributed by atoms with Gasteiger partial charge in [0.05, 0.1) is 12.0 Å². The van der Waals surface area contributed by atoms with Crippen LogP contribution in [-0.2, 0) is 0 Å². The molecule has 2 aromatic carbocycles. The lowest BCUT2D eigenvalue weighted by molar-refractivity contribution is -0.383. The molecule has 3 rings (SSSR count). The van der Waals surface area contributed by atoms with Gasteiger partial charge < -0.3 is 9.64 Å². The Bertz CT molecular complexity index is 1090. The van der Waals surface area contributed by atoms with Crippen molar-refractivity contribution in [1.82, 2.24) is 15.4 Å². The lowest BCUT2D eigenvalue weighted by Gasteiger charge is -2.22.